The molecule has 2 aliphatic heterocycles. The first-order chi connectivity index (χ1) is 24.9. The maximum Gasteiger partial charge on any atom is 0.410 e. The second-order valence-corrected chi connectivity index (χ2v) is 15.6. The highest BCUT2D eigenvalue weighted by molar-refractivity contribution is 5.75. The van der Waals surface area contributed by atoms with Gasteiger partial charge in [-0.15, -0.1) is 6.42 Å². The van der Waals surface area contributed by atoms with Crippen molar-refractivity contribution in [1.82, 2.24) is 9.80 Å². The topological polar surface area (TPSA) is 150 Å². The Kier molecular flexibility index (Phi) is 15.4. The summed E-state index contributed by atoms with van der Waals surface area (Å²) in [5.41, 5.74) is 8.36. The molecule has 2 aromatic carbocycles. The van der Waals surface area contributed by atoms with Crippen LogP contribution in [0.15, 0.2) is 48.5 Å². The second-order valence-electron chi connectivity index (χ2n) is 15.6. The number of nitrogen functional groups attached to an aromatic ring is 1. The Bertz CT molecular complexity index is 1590. The normalized spacial score (nSPS) is 18.1. The summed E-state index contributed by atoms with van der Waals surface area (Å²) >= 11 is 0. The minimum Gasteiger partial charge on any atom is -0.469 e. The number of hydrogen-bond acceptors (Lipinski definition) is 10. The van der Waals surface area contributed by atoms with Crippen LogP contribution in [0.4, 0.5) is 21.0 Å². The van der Waals surface area contributed by atoms with Crippen molar-refractivity contribution in [3.8, 4) is 12.3 Å². The predicted molar refractivity (Wildman–Crippen MR) is 205 cm³/mol. The van der Waals surface area contributed by atoms with Gasteiger partial charge in [0.25, 0.3) is 0 Å². The Morgan fingerprint density at radius 3 is 1.66 bits per heavy atom. The van der Waals surface area contributed by atoms with E-state index in [-0.39, 0.29) is 47.8 Å². The number of nitrogens with two attached hydrogens (primary N) is 1. The number of hydrogen-bond donors (Lipinski definition) is 2. The summed E-state index contributed by atoms with van der Waals surface area (Å²) < 4.78 is 20.9. The Labute approximate surface area is 315 Å². The molecule has 0 bridgehead atoms. The highest BCUT2D eigenvalue weighted by Crippen LogP contribution is 2.31. The number of anilines is 2. The largest absolute Gasteiger partial charge is 0.469 e. The minimum absolute atomic E-state index is 0.0299. The number of likely N-dealkylation sites (tertiary alicyclic amines) is 2. The molecule has 2 unspecified atom stereocenters. The van der Waals surface area contributed by atoms with Crippen molar-refractivity contribution in [3.05, 3.63) is 59.7 Å². The number of methoxy groups -OCH3 is 2. The molecule has 12 heteroatoms. The van der Waals surface area contributed by atoms with Crippen molar-refractivity contribution in [2.24, 2.45) is 23.7 Å². The molecule has 2 amide bonds. The van der Waals surface area contributed by atoms with Gasteiger partial charge in [-0.05, 0) is 114 Å². The summed E-state index contributed by atoms with van der Waals surface area (Å²) in [5.74, 6) is 1.49. The van der Waals surface area contributed by atoms with Gasteiger partial charge in [-0.1, -0.05) is 30.2 Å². The standard InChI is InChI=1S/C22H30N2O4.C19H28N2O4/c1-6-11-23-18-9-7-8-16(13-18)14-19(20(25)27-5)17-10-12-24(15-17)21(26)28-22(2,3)4;1-19(2,3)25-18(23)21-9-8-14(12-21)16(17(22)24-4)11-13-6-5-7-15(20)10-13/h1,7-9,13,17,19,23H,10-12,14-15H2,2-5H3;5-7,10,14,16H,8-9,11-12,20H2,1-4H3/t17-,19?;14-,16?/m00/s1. The molecule has 0 spiro atoms. The summed E-state index contributed by atoms with van der Waals surface area (Å²) in [7, 11) is 2.80. The van der Waals surface area contributed by atoms with Crippen molar-refractivity contribution in [3.63, 3.8) is 0 Å². The molecule has 0 radical (unpaired) electrons. The number of nitrogens with zero attached hydrogens (tertiary/aromatic N) is 2. The molecule has 0 saturated carbocycles. The van der Waals surface area contributed by atoms with Crippen LogP contribution in [0, 0.1) is 36.0 Å². The van der Waals surface area contributed by atoms with E-state index in [1.54, 1.807) is 9.80 Å². The van der Waals surface area contributed by atoms with E-state index in [1.807, 2.05) is 90.1 Å². The maximum atomic E-state index is 12.5. The molecular weight excluding hydrogens is 676 g/mol. The number of carbonyl (C=O) groups excluding carboxylic acids is 4. The van der Waals surface area contributed by atoms with Crippen molar-refractivity contribution in [1.29, 1.82) is 0 Å². The van der Waals surface area contributed by atoms with Crippen molar-refractivity contribution >= 4 is 35.5 Å². The van der Waals surface area contributed by atoms with E-state index >= 15 is 0 Å². The zero-order valence-electron chi connectivity index (χ0n) is 32.6. The van der Waals surface area contributed by atoms with E-state index in [0.29, 0.717) is 51.3 Å². The van der Waals surface area contributed by atoms with Gasteiger partial charge in [-0.2, -0.15) is 0 Å². The van der Waals surface area contributed by atoms with Gasteiger partial charge in [0.15, 0.2) is 0 Å². The molecule has 0 aromatic heterocycles. The Morgan fingerprint density at radius 1 is 0.792 bits per heavy atom. The van der Waals surface area contributed by atoms with Crippen molar-refractivity contribution < 1.29 is 38.1 Å². The first kappa shape index (κ1) is 42.5. The number of carbonyl (C=O) groups is 4. The number of rotatable bonds is 10. The third kappa shape index (κ3) is 13.9. The van der Waals surface area contributed by atoms with E-state index in [4.69, 9.17) is 31.1 Å². The number of amides is 2. The summed E-state index contributed by atoms with van der Waals surface area (Å²) in [6.45, 7) is 13.7. The average molecular weight is 735 g/mol. The van der Waals surface area contributed by atoms with Gasteiger partial charge < -0.3 is 39.8 Å². The molecule has 4 atom stereocenters. The van der Waals surface area contributed by atoms with Crippen LogP contribution >= 0.6 is 0 Å². The van der Waals surface area contributed by atoms with Gasteiger partial charge >= 0.3 is 24.1 Å². The fourth-order valence-corrected chi connectivity index (χ4v) is 6.59. The first-order valence-electron chi connectivity index (χ1n) is 18.1. The number of benzene rings is 2. The summed E-state index contributed by atoms with van der Waals surface area (Å²) in [6, 6.07) is 15.4. The van der Waals surface area contributed by atoms with Gasteiger partial charge in [0.05, 0.1) is 32.6 Å². The SMILES string of the molecule is C#CCNc1cccc(CC(C(=O)OC)[C@H]2CCN(C(=O)OC(C)(C)C)C2)c1.COC(=O)C(Cc1cccc(N)c1)[C@H]1CCN(C(=O)OC(C)(C)C)C1. The Balaban J connectivity index is 0.000000287. The van der Waals surface area contributed by atoms with E-state index in [2.05, 4.69) is 11.2 Å². The molecular formula is C41H58N4O8. The molecule has 53 heavy (non-hydrogen) atoms. The zero-order valence-corrected chi connectivity index (χ0v) is 32.6. The van der Waals surface area contributed by atoms with Crippen LogP contribution in [-0.2, 0) is 41.4 Å². The lowest BCUT2D eigenvalue weighted by molar-refractivity contribution is -0.148. The Morgan fingerprint density at radius 2 is 1.25 bits per heavy atom. The van der Waals surface area contributed by atoms with Crippen LogP contribution in [0.25, 0.3) is 0 Å². The van der Waals surface area contributed by atoms with Gasteiger partial charge in [-0.3, -0.25) is 9.59 Å². The average Bonchev–Trinajstić information content (AvgIpc) is 3.78. The zero-order chi connectivity index (χ0) is 39.3. The number of terminal acetylenes is 1. The number of esters is 2. The molecule has 0 aliphatic carbocycles. The van der Waals surface area contributed by atoms with Crippen LogP contribution in [0.3, 0.4) is 0 Å². The lowest BCUT2D eigenvalue weighted by Gasteiger charge is -2.25. The van der Waals surface area contributed by atoms with Crippen LogP contribution in [0.5, 0.6) is 0 Å². The van der Waals surface area contributed by atoms with Crippen LogP contribution in [0.2, 0.25) is 0 Å². The molecule has 4 rings (SSSR count). The van der Waals surface area contributed by atoms with Gasteiger partial charge in [-0.25, -0.2) is 9.59 Å². The highest BCUT2D eigenvalue weighted by atomic mass is 16.6. The smallest absolute Gasteiger partial charge is 0.410 e. The van der Waals surface area contributed by atoms with Crippen molar-refractivity contribution in [2.75, 3.05) is 58.0 Å². The summed E-state index contributed by atoms with van der Waals surface area (Å²) in [6.07, 6.45) is 7.22. The predicted octanol–water partition coefficient (Wildman–Crippen LogP) is 6.18. The van der Waals surface area contributed by atoms with Crippen LogP contribution in [-0.4, -0.2) is 92.1 Å². The lowest BCUT2D eigenvalue weighted by atomic mass is 9.86. The summed E-state index contributed by atoms with van der Waals surface area (Å²) in [5, 5.41) is 3.14. The molecule has 290 valence electrons. The molecule has 2 fully saturated rings. The first-order valence-corrected chi connectivity index (χ1v) is 18.1. The van der Waals surface area contributed by atoms with Gasteiger partial charge in [0, 0.05) is 37.6 Å². The molecule has 12 nitrogen and oxygen atoms in total. The maximum absolute atomic E-state index is 12.5. The summed E-state index contributed by atoms with van der Waals surface area (Å²) in [4.78, 5) is 52.7. The van der Waals surface area contributed by atoms with E-state index in [0.717, 1.165) is 29.7 Å². The van der Waals surface area contributed by atoms with Crippen LogP contribution in [0.1, 0.15) is 65.5 Å². The molecule has 2 saturated heterocycles. The fourth-order valence-electron chi connectivity index (χ4n) is 6.59. The molecule has 2 heterocycles. The van der Waals surface area contributed by atoms with Gasteiger partial charge in [0.1, 0.15) is 11.2 Å². The second kappa shape index (κ2) is 19.2. The van der Waals surface area contributed by atoms with Gasteiger partial charge in [0.2, 0.25) is 0 Å². The van der Waals surface area contributed by atoms with E-state index < -0.39 is 11.2 Å². The molecule has 3 N–H and O–H groups in total. The third-order valence-corrected chi connectivity index (χ3v) is 9.08. The number of ether oxygens (including phenoxy) is 4. The third-order valence-electron chi connectivity index (χ3n) is 9.08. The molecule has 2 aromatic rings. The highest BCUT2D eigenvalue weighted by Gasteiger charge is 2.39. The van der Waals surface area contributed by atoms with Crippen molar-refractivity contribution in [2.45, 2.75) is 78.4 Å². The minimum atomic E-state index is -0.539. The van der Waals surface area contributed by atoms with Crippen LogP contribution < -0.4 is 11.1 Å². The monoisotopic (exact) mass is 734 g/mol. The number of nitrogens with one attached hydrogen (secondary N) is 1. The fraction of sp³-hybridized carbons (Fsp3) is 0.561. The van der Waals surface area contributed by atoms with E-state index in [1.165, 1.54) is 14.2 Å². The quantitative estimate of drug-likeness (QED) is 0.125. The lowest BCUT2D eigenvalue weighted by Crippen LogP contribution is -2.36. The van der Waals surface area contributed by atoms with E-state index in [9.17, 15) is 19.2 Å². The Hall–Kier alpha value is -4.92. The molecule has 2 aliphatic rings.